The monoisotopic (exact) mass is 292 g/mol. The molecule has 0 aromatic heterocycles. The van der Waals surface area contributed by atoms with Crippen LogP contribution >= 0.6 is 0 Å². The first-order chi connectivity index (χ1) is 10.7. The summed E-state index contributed by atoms with van der Waals surface area (Å²) in [6.45, 7) is 4.03. The maximum Gasteiger partial charge on any atom is 0.0725 e. The van der Waals surface area contributed by atoms with Crippen LogP contribution in [0.15, 0.2) is 47.5 Å². The highest BCUT2D eigenvalue weighted by molar-refractivity contribution is 6.15. The number of hydrogen-bond donors (Lipinski definition) is 0. The Balaban J connectivity index is 2.11. The quantitative estimate of drug-likeness (QED) is 0.845. The van der Waals surface area contributed by atoms with Gasteiger partial charge < -0.3 is 4.90 Å². The van der Waals surface area contributed by atoms with Gasteiger partial charge in [-0.1, -0.05) is 42.5 Å². The molecule has 0 amide bonds. The van der Waals surface area contributed by atoms with Gasteiger partial charge in [0.15, 0.2) is 0 Å². The average molecular weight is 292 g/mol. The van der Waals surface area contributed by atoms with Crippen molar-refractivity contribution < 1.29 is 0 Å². The van der Waals surface area contributed by atoms with Crippen LogP contribution in [-0.4, -0.2) is 37.8 Å². The highest BCUT2D eigenvalue weighted by atomic mass is 15.1. The van der Waals surface area contributed by atoms with E-state index in [9.17, 15) is 0 Å². The van der Waals surface area contributed by atoms with Crippen molar-refractivity contribution in [1.82, 2.24) is 4.90 Å². The molecule has 114 valence electrons. The van der Waals surface area contributed by atoms with Gasteiger partial charge in [-0.25, -0.2) is 0 Å². The standard InChI is InChI=1S/C20H24N2/c1-15-7-6-10-19-17(15)12-11-16-8-4-5-9-18(16)20(19)21-13-14-22(2)3/h4-10H,11-14H2,1-3H3/b21-20-. The van der Waals surface area contributed by atoms with Crippen LogP contribution in [0.4, 0.5) is 0 Å². The maximum absolute atomic E-state index is 4.98. The lowest BCUT2D eigenvalue weighted by Gasteiger charge is -2.13. The van der Waals surface area contributed by atoms with Crippen LogP contribution in [0.1, 0.15) is 27.8 Å². The molecule has 0 saturated heterocycles. The van der Waals surface area contributed by atoms with E-state index < -0.39 is 0 Å². The Morgan fingerprint density at radius 3 is 2.55 bits per heavy atom. The summed E-state index contributed by atoms with van der Waals surface area (Å²) in [5.41, 5.74) is 8.07. The van der Waals surface area contributed by atoms with Crippen LogP contribution in [0.2, 0.25) is 0 Å². The molecule has 2 heteroatoms. The van der Waals surface area contributed by atoms with Crippen molar-refractivity contribution in [3.8, 4) is 0 Å². The Hall–Kier alpha value is -1.93. The molecule has 22 heavy (non-hydrogen) atoms. The summed E-state index contributed by atoms with van der Waals surface area (Å²) in [4.78, 5) is 7.17. The summed E-state index contributed by atoms with van der Waals surface area (Å²) in [5.74, 6) is 0. The van der Waals surface area contributed by atoms with Crippen molar-refractivity contribution in [3.05, 3.63) is 70.3 Å². The molecule has 0 N–H and O–H groups in total. The minimum atomic E-state index is 0.837. The molecule has 2 aromatic rings. The molecule has 0 spiro atoms. The van der Waals surface area contributed by atoms with Crippen LogP contribution in [-0.2, 0) is 12.8 Å². The molecule has 0 radical (unpaired) electrons. The van der Waals surface area contributed by atoms with E-state index in [1.54, 1.807) is 0 Å². The lowest BCUT2D eigenvalue weighted by Crippen LogP contribution is -2.17. The molecule has 1 aliphatic rings. The lowest BCUT2D eigenvalue weighted by atomic mass is 9.95. The Bertz CT molecular complexity index is 699. The second-order valence-corrected chi connectivity index (χ2v) is 6.29. The van der Waals surface area contributed by atoms with Gasteiger partial charge in [-0.3, -0.25) is 4.99 Å². The zero-order chi connectivity index (χ0) is 15.5. The number of nitrogens with zero attached hydrogens (tertiary/aromatic N) is 2. The van der Waals surface area contributed by atoms with Crippen molar-refractivity contribution in [1.29, 1.82) is 0 Å². The summed E-state index contributed by atoms with van der Waals surface area (Å²) >= 11 is 0. The van der Waals surface area contributed by atoms with Gasteiger partial charge in [0, 0.05) is 17.7 Å². The van der Waals surface area contributed by atoms with Crippen LogP contribution in [0, 0.1) is 6.92 Å². The Morgan fingerprint density at radius 2 is 1.73 bits per heavy atom. The Kier molecular flexibility index (Phi) is 4.39. The third-order valence-corrected chi connectivity index (χ3v) is 4.40. The summed E-state index contributed by atoms with van der Waals surface area (Å²) < 4.78 is 0. The topological polar surface area (TPSA) is 15.6 Å². The first kappa shape index (κ1) is 15.0. The second-order valence-electron chi connectivity index (χ2n) is 6.29. The molecule has 0 atom stereocenters. The highest BCUT2D eigenvalue weighted by Crippen LogP contribution is 2.27. The molecule has 0 saturated carbocycles. The molecule has 2 aromatic carbocycles. The van der Waals surface area contributed by atoms with Crippen LogP contribution < -0.4 is 0 Å². The van der Waals surface area contributed by atoms with E-state index in [4.69, 9.17) is 4.99 Å². The summed E-state index contributed by atoms with van der Waals surface area (Å²) in [7, 11) is 4.19. The van der Waals surface area contributed by atoms with Gasteiger partial charge in [-0.2, -0.15) is 0 Å². The number of likely N-dealkylation sites (N-methyl/N-ethyl adjacent to an activating group) is 1. The first-order valence-electron chi connectivity index (χ1n) is 8.03. The van der Waals surface area contributed by atoms with Gasteiger partial charge in [0.25, 0.3) is 0 Å². The van der Waals surface area contributed by atoms with Crippen molar-refractivity contribution in [3.63, 3.8) is 0 Å². The number of hydrogen-bond acceptors (Lipinski definition) is 2. The summed E-state index contributed by atoms with van der Waals surface area (Å²) in [6, 6.07) is 15.3. The van der Waals surface area contributed by atoms with E-state index in [2.05, 4.69) is 68.4 Å². The maximum atomic E-state index is 4.98. The zero-order valence-corrected chi connectivity index (χ0v) is 13.8. The number of rotatable bonds is 3. The van der Waals surface area contributed by atoms with Crippen molar-refractivity contribution >= 4 is 5.71 Å². The SMILES string of the molecule is Cc1cccc2c1CCc1ccccc1/C2=N/CCN(C)C. The molecular weight excluding hydrogens is 268 g/mol. The normalized spacial score (nSPS) is 15.5. The van der Waals surface area contributed by atoms with E-state index in [1.165, 1.54) is 33.5 Å². The van der Waals surface area contributed by atoms with E-state index >= 15 is 0 Å². The largest absolute Gasteiger partial charge is 0.308 e. The first-order valence-corrected chi connectivity index (χ1v) is 8.03. The van der Waals surface area contributed by atoms with Crippen molar-refractivity contribution in [2.24, 2.45) is 4.99 Å². The fourth-order valence-corrected chi connectivity index (χ4v) is 3.16. The predicted octanol–water partition coefficient (Wildman–Crippen LogP) is 3.49. The number of aliphatic imine (C=N–C) groups is 1. The molecular formula is C20H24N2. The molecule has 0 heterocycles. The van der Waals surface area contributed by atoms with Crippen molar-refractivity contribution in [2.45, 2.75) is 19.8 Å². The number of fused-ring (bicyclic) bond motifs is 2. The number of benzene rings is 2. The second kappa shape index (κ2) is 6.45. The minimum Gasteiger partial charge on any atom is -0.308 e. The fourth-order valence-electron chi connectivity index (χ4n) is 3.16. The van der Waals surface area contributed by atoms with Crippen LogP contribution in [0.3, 0.4) is 0 Å². The molecule has 0 aliphatic heterocycles. The Morgan fingerprint density at radius 1 is 0.955 bits per heavy atom. The van der Waals surface area contributed by atoms with E-state index in [1.807, 2.05) is 0 Å². The average Bonchev–Trinajstić information content (AvgIpc) is 2.66. The highest BCUT2D eigenvalue weighted by Gasteiger charge is 2.19. The summed E-state index contributed by atoms with van der Waals surface area (Å²) in [6.07, 6.45) is 2.20. The van der Waals surface area contributed by atoms with Crippen molar-refractivity contribution in [2.75, 3.05) is 27.2 Å². The molecule has 0 bridgehead atoms. The molecule has 2 nitrogen and oxygen atoms in total. The van der Waals surface area contributed by atoms with E-state index in [-0.39, 0.29) is 0 Å². The lowest BCUT2D eigenvalue weighted by molar-refractivity contribution is 0.420. The zero-order valence-electron chi connectivity index (χ0n) is 13.8. The summed E-state index contributed by atoms with van der Waals surface area (Å²) in [5, 5.41) is 0. The van der Waals surface area contributed by atoms with Gasteiger partial charge in [0.05, 0.1) is 12.3 Å². The number of aryl methyl sites for hydroxylation is 2. The Labute approximate surface area is 133 Å². The van der Waals surface area contributed by atoms with Gasteiger partial charge in [0.2, 0.25) is 0 Å². The molecule has 3 rings (SSSR count). The predicted molar refractivity (Wildman–Crippen MR) is 94.1 cm³/mol. The molecule has 0 fully saturated rings. The molecule has 1 aliphatic carbocycles. The smallest absolute Gasteiger partial charge is 0.0725 e. The third kappa shape index (κ3) is 2.97. The van der Waals surface area contributed by atoms with Gasteiger partial charge in [-0.05, 0) is 50.6 Å². The van der Waals surface area contributed by atoms with Crippen LogP contribution in [0.5, 0.6) is 0 Å². The van der Waals surface area contributed by atoms with E-state index in [0.717, 1.165) is 25.9 Å². The van der Waals surface area contributed by atoms with Gasteiger partial charge in [-0.15, -0.1) is 0 Å². The van der Waals surface area contributed by atoms with Crippen LogP contribution in [0.25, 0.3) is 0 Å². The molecule has 0 unspecified atom stereocenters. The minimum absolute atomic E-state index is 0.837. The third-order valence-electron chi connectivity index (χ3n) is 4.40. The van der Waals surface area contributed by atoms with Gasteiger partial charge >= 0.3 is 0 Å². The van der Waals surface area contributed by atoms with Gasteiger partial charge in [0.1, 0.15) is 0 Å². The van der Waals surface area contributed by atoms with E-state index in [0.29, 0.717) is 0 Å². The fraction of sp³-hybridized carbons (Fsp3) is 0.350.